The third-order valence-corrected chi connectivity index (χ3v) is 1.56. The Morgan fingerprint density at radius 2 is 2.09 bits per heavy atom. The molecular formula is C6H10F2N2O. The summed E-state index contributed by atoms with van der Waals surface area (Å²) in [5, 5.41) is 0. The Labute approximate surface area is 63.2 Å². The highest BCUT2D eigenvalue weighted by atomic mass is 19.3. The number of carbonyl (C=O) groups excluding carboxylic acids is 1. The van der Waals surface area contributed by atoms with Crippen molar-refractivity contribution >= 4 is 5.91 Å². The third kappa shape index (κ3) is 1.86. The molecule has 0 saturated carbocycles. The van der Waals surface area contributed by atoms with E-state index in [9.17, 15) is 13.6 Å². The number of carbonyl (C=O) groups is 1. The first kappa shape index (κ1) is 8.39. The molecule has 11 heavy (non-hydrogen) atoms. The third-order valence-electron chi connectivity index (χ3n) is 1.56. The molecule has 0 atom stereocenters. The summed E-state index contributed by atoms with van der Waals surface area (Å²) in [6, 6.07) is 0. The number of hydrogen-bond donors (Lipinski definition) is 1. The van der Waals surface area contributed by atoms with E-state index in [-0.39, 0.29) is 18.9 Å². The number of likely N-dealkylation sites (tertiary alicyclic amines) is 1. The lowest BCUT2D eigenvalue weighted by molar-refractivity contribution is -0.165. The van der Waals surface area contributed by atoms with Crippen molar-refractivity contribution in [1.82, 2.24) is 4.90 Å². The summed E-state index contributed by atoms with van der Waals surface area (Å²) in [6.45, 7) is -0.654. The fraction of sp³-hybridized carbons (Fsp3) is 0.833. The molecule has 1 heterocycles. The molecule has 0 unspecified atom stereocenters. The van der Waals surface area contributed by atoms with Gasteiger partial charge in [-0.05, 0) is 0 Å². The fourth-order valence-corrected chi connectivity index (χ4v) is 0.970. The molecule has 5 heteroatoms. The van der Waals surface area contributed by atoms with E-state index >= 15 is 0 Å². The Balaban J connectivity index is 2.27. The monoisotopic (exact) mass is 164 g/mol. The summed E-state index contributed by atoms with van der Waals surface area (Å²) in [5.41, 5.74) is 5.08. The van der Waals surface area contributed by atoms with Crippen molar-refractivity contribution < 1.29 is 13.6 Å². The van der Waals surface area contributed by atoms with Crippen LogP contribution in [0.15, 0.2) is 0 Å². The largest absolute Gasteiger partial charge is 0.330 e. The highest BCUT2D eigenvalue weighted by molar-refractivity contribution is 5.77. The van der Waals surface area contributed by atoms with Crippen LogP contribution in [0.1, 0.15) is 6.42 Å². The van der Waals surface area contributed by atoms with Gasteiger partial charge >= 0.3 is 0 Å². The van der Waals surface area contributed by atoms with Gasteiger partial charge in [0.15, 0.2) is 0 Å². The van der Waals surface area contributed by atoms with Gasteiger partial charge in [-0.1, -0.05) is 0 Å². The summed E-state index contributed by atoms with van der Waals surface area (Å²) >= 11 is 0. The maximum Gasteiger partial charge on any atom is 0.282 e. The second-order valence-corrected chi connectivity index (χ2v) is 2.64. The molecule has 0 radical (unpaired) electrons. The van der Waals surface area contributed by atoms with E-state index in [1.54, 1.807) is 0 Å². The van der Waals surface area contributed by atoms with Crippen LogP contribution in [-0.2, 0) is 4.79 Å². The van der Waals surface area contributed by atoms with Crippen LogP contribution in [0.5, 0.6) is 0 Å². The Hall–Kier alpha value is -0.710. The van der Waals surface area contributed by atoms with Crippen molar-refractivity contribution in [3.05, 3.63) is 0 Å². The highest BCUT2D eigenvalue weighted by Gasteiger charge is 2.45. The molecule has 64 valence electrons. The standard InChI is InChI=1S/C6H10F2N2O/c7-6(8)3-10(4-6)5(11)1-2-9/h1-4,9H2. The smallest absolute Gasteiger partial charge is 0.282 e. The van der Waals surface area contributed by atoms with Crippen LogP contribution in [0.3, 0.4) is 0 Å². The molecule has 0 aromatic rings. The molecule has 0 aliphatic carbocycles. The SMILES string of the molecule is NCCC(=O)N1CC(F)(F)C1. The Kier molecular flexibility index (Phi) is 2.08. The van der Waals surface area contributed by atoms with Crippen LogP contribution >= 0.6 is 0 Å². The second kappa shape index (κ2) is 2.73. The molecule has 0 spiro atoms. The molecule has 0 bridgehead atoms. The molecular weight excluding hydrogens is 154 g/mol. The molecule has 1 fully saturated rings. The van der Waals surface area contributed by atoms with Gasteiger partial charge in [0.05, 0.1) is 13.1 Å². The second-order valence-electron chi connectivity index (χ2n) is 2.64. The lowest BCUT2D eigenvalue weighted by Crippen LogP contribution is -2.58. The van der Waals surface area contributed by atoms with Crippen LogP contribution in [0.25, 0.3) is 0 Å². The topological polar surface area (TPSA) is 46.3 Å². The van der Waals surface area contributed by atoms with E-state index < -0.39 is 19.0 Å². The van der Waals surface area contributed by atoms with Crippen LogP contribution in [0, 0.1) is 0 Å². The Morgan fingerprint density at radius 1 is 1.55 bits per heavy atom. The summed E-state index contributed by atoms with van der Waals surface area (Å²) in [6.07, 6.45) is 0.163. The molecule has 1 aliphatic rings. The quantitative estimate of drug-likeness (QED) is 0.615. The zero-order valence-corrected chi connectivity index (χ0v) is 6.02. The van der Waals surface area contributed by atoms with E-state index in [0.29, 0.717) is 0 Å². The van der Waals surface area contributed by atoms with E-state index in [2.05, 4.69) is 0 Å². The van der Waals surface area contributed by atoms with Crippen LogP contribution < -0.4 is 5.73 Å². The van der Waals surface area contributed by atoms with Crippen molar-refractivity contribution in [2.24, 2.45) is 5.73 Å². The Bertz CT molecular complexity index is 164. The van der Waals surface area contributed by atoms with E-state index in [0.717, 1.165) is 4.90 Å². The number of nitrogens with two attached hydrogens (primary N) is 1. The lowest BCUT2D eigenvalue weighted by atomic mass is 10.1. The average Bonchev–Trinajstić information content (AvgIpc) is 1.83. The highest BCUT2D eigenvalue weighted by Crippen LogP contribution is 2.26. The number of nitrogens with zero attached hydrogens (tertiary/aromatic N) is 1. The number of hydrogen-bond acceptors (Lipinski definition) is 2. The van der Waals surface area contributed by atoms with E-state index in [1.165, 1.54) is 0 Å². The molecule has 3 nitrogen and oxygen atoms in total. The molecule has 0 aromatic heterocycles. The first-order valence-electron chi connectivity index (χ1n) is 3.41. The predicted molar refractivity (Wildman–Crippen MR) is 35.2 cm³/mol. The van der Waals surface area contributed by atoms with Crippen LogP contribution in [0.4, 0.5) is 8.78 Å². The van der Waals surface area contributed by atoms with Crippen molar-refractivity contribution in [2.45, 2.75) is 12.3 Å². The molecule has 1 saturated heterocycles. The van der Waals surface area contributed by atoms with Gasteiger partial charge in [0.1, 0.15) is 0 Å². The van der Waals surface area contributed by atoms with E-state index in [1.807, 2.05) is 0 Å². The van der Waals surface area contributed by atoms with Gasteiger partial charge in [-0.15, -0.1) is 0 Å². The van der Waals surface area contributed by atoms with Gasteiger partial charge in [-0.2, -0.15) is 0 Å². The lowest BCUT2D eigenvalue weighted by Gasteiger charge is -2.38. The van der Waals surface area contributed by atoms with Gasteiger partial charge in [-0.3, -0.25) is 4.79 Å². The number of amides is 1. The average molecular weight is 164 g/mol. The molecule has 2 N–H and O–H groups in total. The summed E-state index contributed by atoms with van der Waals surface area (Å²) in [5.74, 6) is -2.94. The van der Waals surface area contributed by atoms with Gasteiger partial charge in [-0.25, -0.2) is 8.78 Å². The first-order chi connectivity index (χ1) is 5.05. The van der Waals surface area contributed by atoms with Crippen molar-refractivity contribution in [1.29, 1.82) is 0 Å². The maximum atomic E-state index is 12.2. The normalized spacial score (nSPS) is 21.2. The first-order valence-corrected chi connectivity index (χ1v) is 3.41. The summed E-state index contributed by atoms with van der Waals surface area (Å²) < 4.78 is 24.3. The van der Waals surface area contributed by atoms with Crippen LogP contribution in [0.2, 0.25) is 0 Å². The summed E-state index contributed by atoms with van der Waals surface area (Å²) in [7, 11) is 0. The zero-order valence-electron chi connectivity index (χ0n) is 6.02. The van der Waals surface area contributed by atoms with Crippen molar-refractivity contribution in [2.75, 3.05) is 19.6 Å². The maximum absolute atomic E-state index is 12.2. The van der Waals surface area contributed by atoms with E-state index in [4.69, 9.17) is 5.73 Å². The van der Waals surface area contributed by atoms with Gasteiger partial charge in [0, 0.05) is 13.0 Å². The van der Waals surface area contributed by atoms with Gasteiger partial charge in [0.25, 0.3) is 5.92 Å². The number of halogens is 2. The predicted octanol–water partition coefficient (Wildman–Crippen LogP) is -0.187. The van der Waals surface area contributed by atoms with Gasteiger partial charge in [0.2, 0.25) is 5.91 Å². The van der Waals surface area contributed by atoms with Crippen molar-refractivity contribution in [3.63, 3.8) is 0 Å². The molecule has 1 aliphatic heterocycles. The minimum Gasteiger partial charge on any atom is -0.330 e. The number of rotatable bonds is 2. The minimum atomic E-state index is -2.66. The van der Waals surface area contributed by atoms with Crippen molar-refractivity contribution in [3.8, 4) is 0 Å². The molecule has 0 aromatic carbocycles. The number of alkyl halides is 2. The Morgan fingerprint density at radius 3 is 2.45 bits per heavy atom. The van der Waals surface area contributed by atoms with Gasteiger partial charge < -0.3 is 10.6 Å². The summed E-state index contributed by atoms with van der Waals surface area (Å²) in [4.78, 5) is 11.9. The zero-order chi connectivity index (χ0) is 8.48. The minimum absolute atomic E-state index is 0.163. The van der Waals surface area contributed by atoms with Crippen LogP contribution in [-0.4, -0.2) is 36.4 Å². The molecule has 1 rings (SSSR count). The molecule has 1 amide bonds. The fourth-order valence-electron chi connectivity index (χ4n) is 0.970.